The molecule has 0 N–H and O–H groups in total. The Hall–Kier alpha value is -6.14. The summed E-state index contributed by atoms with van der Waals surface area (Å²) in [6.07, 6.45) is 44.4. The van der Waals surface area contributed by atoms with Gasteiger partial charge < -0.3 is 28.4 Å². The fraction of sp³-hybridized carbons (Fsp3) is 0.486. The van der Waals surface area contributed by atoms with Crippen LogP contribution in [0.15, 0.2) is 97.1 Å². The number of hydrogen-bond acceptors (Lipinski definition) is 6. The Morgan fingerprint density at radius 1 is 0.225 bits per heavy atom. The molecule has 0 unspecified atom stereocenters. The van der Waals surface area contributed by atoms with Gasteiger partial charge in [0.05, 0.1) is 39.6 Å². The first-order valence-electron chi connectivity index (χ1n) is 31.6. The molecular weight excluding hydrogens is 985 g/mol. The van der Waals surface area contributed by atoms with E-state index < -0.39 is 0 Å². The van der Waals surface area contributed by atoms with Gasteiger partial charge in [0.15, 0.2) is 0 Å². The van der Waals surface area contributed by atoms with Crippen LogP contribution in [0.5, 0.6) is 34.5 Å². The van der Waals surface area contributed by atoms with Gasteiger partial charge in [0.1, 0.15) is 34.5 Å². The van der Waals surface area contributed by atoms with Gasteiger partial charge in [-0.2, -0.15) is 0 Å². The van der Waals surface area contributed by atoms with Crippen LogP contribution in [0.1, 0.15) is 240 Å². The second-order valence-electron chi connectivity index (χ2n) is 21.4. The molecule has 5 aromatic carbocycles. The van der Waals surface area contributed by atoms with Gasteiger partial charge >= 0.3 is 0 Å². The highest BCUT2D eigenvalue weighted by molar-refractivity contribution is 5.84. The number of benzene rings is 5. The van der Waals surface area contributed by atoms with E-state index in [9.17, 15) is 0 Å². The largest absolute Gasteiger partial charge is 0.493 e. The molecule has 0 aliphatic carbocycles. The highest BCUT2D eigenvalue weighted by Gasteiger charge is 2.16. The monoisotopic (exact) mass is 1090 g/mol. The zero-order valence-electron chi connectivity index (χ0n) is 50.5. The molecule has 0 spiro atoms. The first-order valence-corrected chi connectivity index (χ1v) is 31.6. The summed E-state index contributed by atoms with van der Waals surface area (Å²) in [5, 5.41) is 0. The molecule has 0 fully saturated rings. The van der Waals surface area contributed by atoms with E-state index in [1.54, 1.807) is 0 Å². The minimum Gasteiger partial charge on any atom is -0.493 e. The molecule has 434 valence electrons. The normalized spacial score (nSPS) is 11.7. The standard InChI is InChI=1S/C74H102O6/c1-7-13-19-31-49-75-69-57-65(71(77-51-33-21-15-9-3)55-63(69)43-41-61-37-27-25-28-38-61)45-47-67-59-74(80-54-36-24-18-12-6)68(60-73(67)79-53-35-23-17-11-5)48-46-66-58-70(76-50-32-20-14-8-2)64(44-42-62-39-29-26-30-40-62)56-72(66)78-52-34-22-16-10-4/h25-30,37-48,55-60H,7-24,31-36,49-54H2,1-6H3/b43-41+,44-42+,47-45+,48-46+. The van der Waals surface area contributed by atoms with Crippen LogP contribution in [-0.4, -0.2) is 39.6 Å². The Balaban J connectivity index is 1.64. The summed E-state index contributed by atoms with van der Waals surface area (Å²) in [5.41, 5.74) is 8.13. The molecule has 80 heavy (non-hydrogen) atoms. The average molecular weight is 1090 g/mol. The predicted molar refractivity (Wildman–Crippen MR) is 346 cm³/mol. The summed E-state index contributed by atoms with van der Waals surface area (Å²) in [6, 6.07) is 34.0. The number of unbranched alkanes of at least 4 members (excludes halogenated alkanes) is 18. The summed E-state index contributed by atoms with van der Waals surface area (Å²) >= 11 is 0. The summed E-state index contributed by atoms with van der Waals surface area (Å²) in [4.78, 5) is 0. The summed E-state index contributed by atoms with van der Waals surface area (Å²) in [7, 11) is 0. The van der Waals surface area contributed by atoms with E-state index in [4.69, 9.17) is 28.4 Å². The van der Waals surface area contributed by atoms with E-state index in [0.717, 1.165) is 156 Å². The molecule has 0 aromatic heterocycles. The lowest BCUT2D eigenvalue weighted by Crippen LogP contribution is -2.04. The Morgan fingerprint density at radius 3 is 0.600 bits per heavy atom. The van der Waals surface area contributed by atoms with E-state index in [-0.39, 0.29) is 0 Å². The van der Waals surface area contributed by atoms with E-state index in [1.807, 2.05) is 0 Å². The van der Waals surface area contributed by atoms with Crippen LogP contribution >= 0.6 is 0 Å². The molecule has 0 bridgehead atoms. The van der Waals surface area contributed by atoms with Crippen molar-refractivity contribution in [3.05, 3.63) is 142 Å². The van der Waals surface area contributed by atoms with Gasteiger partial charge in [-0.15, -0.1) is 0 Å². The van der Waals surface area contributed by atoms with Gasteiger partial charge in [-0.05, 0) is 86.1 Å². The second kappa shape index (κ2) is 40.9. The van der Waals surface area contributed by atoms with Gasteiger partial charge in [-0.25, -0.2) is 0 Å². The molecule has 0 atom stereocenters. The lowest BCUT2D eigenvalue weighted by Gasteiger charge is -2.17. The zero-order valence-corrected chi connectivity index (χ0v) is 50.5. The Kier molecular flexibility index (Phi) is 33.1. The Bertz CT molecular complexity index is 2360. The fourth-order valence-electron chi connectivity index (χ4n) is 9.43. The van der Waals surface area contributed by atoms with Crippen LogP contribution in [0.25, 0.3) is 48.6 Å². The Labute approximate surface area is 486 Å². The van der Waals surface area contributed by atoms with Crippen molar-refractivity contribution in [2.45, 2.75) is 196 Å². The molecule has 5 aromatic rings. The maximum atomic E-state index is 6.83. The van der Waals surface area contributed by atoms with Crippen molar-refractivity contribution in [3.8, 4) is 34.5 Å². The van der Waals surface area contributed by atoms with Gasteiger partial charge in [0.25, 0.3) is 0 Å². The van der Waals surface area contributed by atoms with E-state index in [0.29, 0.717) is 39.6 Å². The third kappa shape index (κ3) is 25.1. The van der Waals surface area contributed by atoms with Crippen LogP contribution in [0.3, 0.4) is 0 Å². The summed E-state index contributed by atoms with van der Waals surface area (Å²) in [5.74, 6) is 5.02. The topological polar surface area (TPSA) is 55.4 Å². The highest BCUT2D eigenvalue weighted by atomic mass is 16.5. The average Bonchev–Trinajstić information content (AvgIpc) is 3.49. The minimum absolute atomic E-state index is 0.624. The number of hydrogen-bond donors (Lipinski definition) is 0. The van der Waals surface area contributed by atoms with Crippen molar-refractivity contribution in [3.63, 3.8) is 0 Å². The van der Waals surface area contributed by atoms with E-state index >= 15 is 0 Å². The van der Waals surface area contributed by atoms with Crippen molar-refractivity contribution in [2.24, 2.45) is 0 Å². The van der Waals surface area contributed by atoms with Crippen molar-refractivity contribution in [1.82, 2.24) is 0 Å². The predicted octanol–water partition coefficient (Wildman–Crippen LogP) is 22.1. The second-order valence-corrected chi connectivity index (χ2v) is 21.4. The first kappa shape index (κ1) is 64.7. The molecule has 5 rings (SSSR count). The quantitative estimate of drug-likeness (QED) is 0.0286. The van der Waals surface area contributed by atoms with Crippen LogP contribution in [0.2, 0.25) is 0 Å². The van der Waals surface area contributed by atoms with Gasteiger partial charge in [0, 0.05) is 33.4 Å². The van der Waals surface area contributed by atoms with Crippen molar-refractivity contribution < 1.29 is 28.4 Å². The first-order chi connectivity index (χ1) is 39.5. The number of rotatable bonds is 44. The maximum absolute atomic E-state index is 6.83. The smallest absolute Gasteiger partial charge is 0.127 e. The summed E-state index contributed by atoms with van der Waals surface area (Å²) < 4.78 is 40.4. The minimum atomic E-state index is 0.624. The van der Waals surface area contributed by atoms with Crippen molar-refractivity contribution in [2.75, 3.05) is 39.6 Å². The van der Waals surface area contributed by atoms with E-state index in [1.165, 1.54) is 77.0 Å². The Morgan fingerprint density at radius 2 is 0.412 bits per heavy atom. The third-order valence-corrected chi connectivity index (χ3v) is 14.4. The van der Waals surface area contributed by atoms with Crippen LogP contribution < -0.4 is 28.4 Å². The molecule has 0 heterocycles. The molecule has 0 aliphatic heterocycles. The lowest BCUT2D eigenvalue weighted by molar-refractivity contribution is 0.295. The zero-order chi connectivity index (χ0) is 56.5. The van der Waals surface area contributed by atoms with E-state index in [2.05, 4.69) is 187 Å². The third-order valence-electron chi connectivity index (χ3n) is 14.4. The van der Waals surface area contributed by atoms with Crippen LogP contribution in [0.4, 0.5) is 0 Å². The molecular formula is C74H102O6. The maximum Gasteiger partial charge on any atom is 0.127 e. The van der Waals surface area contributed by atoms with Gasteiger partial charge in [0.2, 0.25) is 0 Å². The summed E-state index contributed by atoms with van der Waals surface area (Å²) in [6.45, 7) is 17.4. The highest BCUT2D eigenvalue weighted by Crippen LogP contribution is 2.38. The molecule has 0 saturated heterocycles. The van der Waals surface area contributed by atoms with Gasteiger partial charge in [-0.3, -0.25) is 0 Å². The number of ether oxygens (including phenoxy) is 6. The molecule has 6 heteroatoms. The molecule has 0 saturated carbocycles. The molecule has 0 aliphatic rings. The van der Waals surface area contributed by atoms with Gasteiger partial charge in [-0.1, -0.05) is 266 Å². The van der Waals surface area contributed by atoms with Crippen molar-refractivity contribution in [1.29, 1.82) is 0 Å². The SMILES string of the molecule is CCCCCCOc1cc(/C=C/c2cc(OCCCCCC)c(/C=C/c3cc(OCCCCCC)c(/C=C/c4ccccc4)cc3OCCCCCC)cc2OCCCCCC)c(OCCCCCC)cc1/C=C/c1ccccc1. The fourth-order valence-corrected chi connectivity index (χ4v) is 9.43. The van der Waals surface area contributed by atoms with Crippen molar-refractivity contribution >= 4 is 48.6 Å². The molecule has 6 nitrogen and oxygen atoms in total. The van der Waals surface area contributed by atoms with Crippen LogP contribution in [-0.2, 0) is 0 Å². The molecule has 0 amide bonds. The van der Waals surface area contributed by atoms with Crippen LogP contribution in [0, 0.1) is 0 Å². The lowest BCUT2D eigenvalue weighted by atomic mass is 10.0. The molecule has 0 radical (unpaired) electrons.